The van der Waals surface area contributed by atoms with Gasteiger partial charge in [-0.25, -0.2) is 0 Å². The summed E-state index contributed by atoms with van der Waals surface area (Å²) in [6, 6.07) is 5.88. The number of aliphatic imine (C=N–C) groups is 1. The minimum Gasteiger partial charge on any atom is -0.505 e. The van der Waals surface area contributed by atoms with Crippen molar-refractivity contribution in [1.82, 2.24) is 4.98 Å². The smallest absolute Gasteiger partial charge is 0.161 e. The van der Waals surface area contributed by atoms with Gasteiger partial charge >= 0.3 is 0 Å². The number of benzene rings is 1. The van der Waals surface area contributed by atoms with Gasteiger partial charge in [0.15, 0.2) is 11.5 Å². The van der Waals surface area contributed by atoms with Gasteiger partial charge in [0.1, 0.15) is 5.75 Å². The number of hydrogen-bond donors (Lipinski definition) is 2. The molecule has 0 aliphatic carbocycles. The lowest BCUT2D eigenvalue weighted by Crippen LogP contribution is -2.00. The number of rotatable bonds is 9. The van der Waals surface area contributed by atoms with Gasteiger partial charge in [-0.3, -0.25) is 9.98 Å². The molecule has 0 spiro atoms. The van der Waals surface area contributed by atoms with Crippen LogP contribution in [-0.2, 0) is 13.0 Å². The van der Waals surface area contributed by atoms with Crippen LogP contribution < -0.4 is 9.47 Å². The number of aromatic nitrogens is 1. The fraction of sp³-hybridized carbons (Fsp3) is 0.400. The monoisotopic (exact) mass is 358 g/mol. The highest BCUT2D eigenvalue weighted by Gasteiger charge is 2.09. The first-order valence-electron chi connectivity index (χ1n) is 8.77. The zero-order valence-corrected chi connectivity index (χ0v) is 15.5. The fourth-order valence-corrected chi connectivity index (χ4v) is 2.52. The molecule has 6 heteroatoms. The molecule has 140 valence electrons. The van der Waals surface area contributed by atoms with Crippen LogP contribution in [0.3, 0.4) is 0 Å². The molecule has 0 radical (unpaired) electrons. The van der Waals surface area contributed by atoms with Crippen molar-refractivity contribution in [2.45, 2.75) is 33.8 Å². The molecule has 1 aromatic heterocycles. The Labute approximate surface area is 154 Å². The van der Waals surface area contributed by atoms with Gasteiger partial charge < -0.3 is 19.7 Å². The van der Waals surface area contributed by atoms with E-state index in [1.807, 2.05) is 32.0 Å². The Morgan fingerprint density at radius 1 is 1.15 bits per heavy atom. The van der Waals surface area contributed by atoms with Gasteiger partial charge in [0.25, 0.3) is 0 Å². The van der Waals surface area contributed by atoms with Crippen molar-refractivity contribution in [3.63, 3.8) is 0 Å². The van der Waals surface area contributed by atoms with Crippen molar-refractivity contribution >= 4 is 6.21 Å². The first kappa shape index (κ1) is 19.7. The van der Waals surface area contributed by atoms with Gasteiger partial charge in [-0.1, -0.05) is 6.07 Å². The van der Waals surface area contributed by atoms with Crippen LogP contribution in [0.25, 0.3) is 0 Å². The van der Waals surface area contributed by atoms with E-state index >= 15 is 0 Å². The van der Waals surface area contributed by atoms with Crippen LogP contribution in [0, 0.1) is 6.92 Å². The van der Waals surface area contributed by atoms with E-state index in [0.29, 0.717) is 36.6 Å². The topological polar surface area (TPSA) is 84.2 Å². The number of hydrogen-bond acceptors (Lipinski definition) is 6. The quantitative estimate of drug-likeness (QED) is 0.673. The molecule has 0 aliphatic heterocycles. The molecule has 0 saturated heterocycles. The van der Waals surface area contributed by atoms with Crippen molar-refractivity contribution < 1.29 is 19.7 Å². The Hall–Kier alpha value is -2.60. The predicted octanol–water partition coefficient (Wildman–Crippen LogP) is 3.05. The lowest BCUT2D eigenvalue weighted by atomic mass is 10.1. The molecule has 2 rings (SSSR count). The normalized spacial score (nSPS) is 11.1. The minimum absolute atomic E-state index is 0.0556. The second-order valence-electron chi connectivity index (χ2n) is 5.72. The first-order valence-corrected chi connectivity index (χ1v) is 8.77. The Balaban J connectivity index is 2.07. The minimum atomic E-state index is -0.196. The van der Waals surface area contributed by atoms with E-state index in [1.54, 1.807) is 19.3 Å². The fourth-order valence-electron chi connectivity index (χ4n) is 2.52. The molecular weight excluding hydrogens is 332 g/mol. The third-order valence-corrected chi connectivity index (χ3v) is 3.89. The van der Waals surface area contributed by atoms with Crippen molar-refractivity contribution in [1.29, 1.82) is 0 Å². The largest absolute Gasteiger partial charge is 0.505 e. The standard InChI is InChI=1S/C20H26N2O4/c1-4-25-18-7-6-15(10-19(18)26-5-2)8-9-21-12-17-16(13-23)11-22-14(3)20(17)24/h6-7,10-12,23-24H,4-5,8-9,13H2,1-3H3. The van der Waals surface area contributed by atoms with E-state index in [4.69, 9.17) is 9.47 Å². The summed E-state index contributed by atoms with van der Waals surface area (Å²) in [5, 5.41) is 19.5. The maximum absolute atomic E-state index is 10.1. The molecule has 0 aliphatic rings. The molecule has 0 bridgehead atoms. The van der Waals surface area contributed by atoms with Gasteiger partial charge in [0, 0.05) is 30.1 Å². The molecule has 1 aromatic carbocycles. The van der Waals surface area contributed by atoms with E-state index in [2.05, 4.69) is 9.98 Å². The van der Waals surface area contributed by atoms with Crippen molar-refractivity contribution in [2.24, 2.45) is 4.99 Å². The molecule has 2 N–H and O–H groups in total. The SMILES string of the molecule is CCOc1ccc(CCN=Cc2c(CO)cnc(C)c2O)cc1OCC. The summed E-state index contributed by atoms with van der Waals surface area (Å²) < 4.78 is 11.2. The van der Waals surface area contributed by atoms with Crippen LogP contribution in [0.1, 0.15) is 36.2 Å². The molecule has 2 aromatic rings. The molecule has 0 amide bonds. The van der Waals surface area contributed by atoms with Crippen molar-refractivity contribution in [2.75, 3.05) is 19.8 Å². The molecule has 26 heavy (non-hydrogen) atoms. The Bertz CT molecular complexity index is 760. The summed E-state index contributed by atoms with van der Waals surface area (Å²) in [6.07, 6.45) is 3.87. The zero-order valence-electron chi connectivity index (χ0n) is 15.5. The Morgan fingerprint density at radius 3 is 2.58 bits per heavy atom. The van der Waals surface area contributed by atoms with E-state index in [0.717, 1.165) is 23.5 Å². The molecule has 0 atom stereocenters. The predicted molar refractivity (Wildman–Crippen MR) is 102 cm³/mol. The van der Waals surface area contributed by atoms with Crippen molar-refractivity contribution in [3.8, 4) is 17.2 Å². The molecular formula is C20H26N2O4. The van der Waals surface area contributed by atoms with Gasteiger partial charge in [-0.2, -0.15) is 0 Å². The highest BCUT2D eigenvalue weighted by molar-refractivity contribution is 5.85. The third-order valence-electron chi connectivity index (χ3n) is 3.89. The van der Waals surface area contributed by atoms with Crippen molar-refractivity contribution in [3.05, 3.63) is 46.8 Å². The maximum Gasteiger partial charge on any atom is 0.161 e. The summed E-state index contributed by atoms with van der Waals surface area (Å²) >= 11 is 0. The van der Waals surface area contributed by atoms with Crippen LogP contribution in [0.15, 0.2) is 29.4 Å². The average Bonchev–Trinajstić information content (AvgIpc) is 2.64. The number of ether oxygens (including phenoxy) is 2. The van der Waals surface area contributed by atoms with Gasteiger partial charge in [-0.15, -0.1) is 0 Å². The van der Waals surface area contributed by atoms with Crippen LogP contribution in [0.5, 0.6) is 17.2 Å². The van der Waals surface area contributed by atoms with E-state index < -0.39 is 0 Å². The van der Waals surface area contributed by atoms with Gasteiger partial charge in [0.05, 0.1) is 25.5 Å². The van der Waals surface area contributed by atoms with Crippen LogP contribution in [-0.4, -0.2) is 41.2 Å². The molecule has 0 unspecified atom stereocenters. The van der Waals surface area contributed by atoms with E-state index in [9.17, 15) is 10.2 Å². The van der Waals surface area contributed by atoms with Gasteiger partial charge in [-0.05, 0) is 44.9 Å². The average molecular weight is 358 g/mol. The Morgan fingerprint density at radius 2 is 1.88 bits per heavy atom. The van der Waals surface area contributed by atoms with Gasteiger partial charge in [0.2, 0.25) is 0 Å². The lowest BCUT2D eigenvalue weighted by Gasteiger charge is -2.12. The number of aromatic hydroxyl groups is 1. The van der Waals surface area contributed by atoms with Crippen LogP contribution in [0.4, 0.5) is 0 Å². The summed E-state index contributed by atoms with van der Waals surface area (Å²) in [7, 11) is 0. The molecule has 1 heterocycles. The molecule has 6 nitrogen and oxygen atoms in total. The van der Waals surface area contributed by atoms with E-state index in [-0.39, 0.29) is 12.4 Å². The van der Waals surface area contributed by atoms with E-state index in [1.165, 1.54) is 0 Å². The number of aliphatic hydroxyl groups is 1. The first-order chi connectivity index (χ1) is 12.6. The third kappa shape index (κ3) is 4.95. The maximum atomic E-state index is 10.1. The summed E-state index contributed by atoms with van der Waals surface area (Å²) in [4.78, 5) is 8.42. The zero-order chi connectivity index (χ0) is 18.9. The number of aliphatic hydroxyl groups excluding tert-OH is 1. The highest BCUT2D eigenvalue weighted by atomic mass is 16.5. The number of nitrogens with zero attached hydrogens (tertiary/aromatic N) is 2. The Kier molecular flexibility index (Phi) is 7.41. The second-order valence-corrected chi connectivity index (χ2v) is 5.72. The highest BCUT2D eigenvalue weighted by Crippen LogP contribution is 2.28. The lowest BCUT2D eigenvalue weighted by molar-refractivity contribution is 0.280. The summed E-state index contributed by atoms with van der Waals surface area (Å²) in [5.74, 6) is 1.53. The molecule has 0 fully saturated rings. The summed E-state index contributed by atoms with van der Waals surface area (Å²) in [5.41, 5.74) is 2.67. The van der Waals surface area contributed by atoms with Crippen LogP contribution in [0.2, 0.25) is 0 Å². The molecule has 0 saturated carbocycles. The number of pyridine rings is 1. The second kappa shape index (κ2) is 9.77. The number of aryl methyl sites for hydroxylation is 1. The van der Waals surface area contributed by atoms with Crippen LogP contribution >= 0.6 is 0 Å². The summed E-state index contributed by atoms with van der Waals surface area (Å²) in [6.45, 7) is 7.11.